The van der Waals surface area contributed by atoms with Gasteiger partial charge in [-0.3, -0.25) is 0 Å². The van der Waals surface area contributed by atoms with Gasteiger partial charge in [-0.05, 0) is 31.0 Å². The second-order valence-corrected chi connectivity index (χ2v) is 5.88. The maximum absolute atomic E-state index is 5.94. The number of fused-ring (bicyclic) bond motifs is 1. The second kappa shape index (κ2) is 6.86. The van der Waals surface area contributed by atoms with Crippen LogP contribution in [0.1, 0.15) is 18.3 Å². The van der Waals surface area contributed by atoms with E-state index in [-0.39, 0.29) is 0 Å². The number of hydrogen-bond donors (Lipinski definition) is 0. The van der Waals surface area contributed by atoms with E-state index in [1.165, 1.54) is 5.56 Å². The molecule has 0 aliphatic carbocycles. The number of hydrogen-bond acceptors (Lipinski definition) is 5. The zero-order valence-electron chi connectivity index (χ0n) is 14.0. The van der Waals surface area contributed by atoms with E-state index in [1.807, 2.05) is 31.4 Å². The second-order valence-electron chi connectivity index (χ2n) is 5.88. The van der Waals surface area contributed by atoms with Gasteiger partial charge >= 0.3 is 0 Å². The zero-order chi connectivity index (χ0) is 16.2. The van der Waals surface area contributed by atoms with Gasteiger partial charge in [0.05, 0.1) is 13.7 Å². The quantitative estimate of drug-likeness (QED) is 0.849. The summed E-state index contributed by atoms with van der Waals surface area (Å²) in [6.07, 6.45) is 3.62. The Morgan fingerprint density at radius 3 is 3.00 bits per heavy atom. The molecule has 0 saturated heterocycles. The first-order chi connectivity index (χ1) is 11.2. The van der Waals surface area contributed by atoms with E-state index in [1.54, 1.807) is 7.11 Å². The smallest absolute Gasteiger partial charge is 0.164 e. The minimum atomic E-state index is 0.386. The molecule has 0 radical (unpaired) electrons. The van der Waals surface area contributed by atoms with Crippen LogP contribution in [0.4, 0.5) is 5.82 Å². The molecule has 0 bridgehead atoms. The molecule has 3 rings (SSSR count). The molecule has 5 nitrogen and oxygen atoms in total. The largest absolute Gasteiger partial charge is 0.493 e. The third kappa shape index (κ3) is 3.38. The third-order valence-corrected chi connectivity index (χ3v) is 4.28. The predicted octanol–water partition coefficient (Wildman–Crippen LogP) is 2.74. The molecular weight excluding hydrogens is 290 g/mol. The monoisotopic (exact) mass is 313 g/mol. The highest BCUT2D eigenvalue weighted by atomic mass is 16.5. The van der Waals surface area contributed by atoms with Crippen LogP contribution in [0.2, 0.25) is 0 Å². The fraction of sp³-hybridized carbons (Fsp3) is 0.444. The van der Waals surface area contributed by atoms with Crippen LogP contribution in [-0.4, -0.2) is 37.3 Å². The third-order valence-electron chi connectivity index (χ3n) is 4.28. The Bertz CT molecular complexity index is 675. The molecule has 122 valence electrons. The first-order valence-electron chi connectivity index (χ1n) is 8.03. The summed E-state index contributed by atoms with van der Waals surface area (Å²) >= 11 is 0. The average Bonchev–Trinajstić information content (AvgIpc) is 2.60. The summed E-state index contributed by atoms with van der Waals surface area (Å²) in [4.78, 5) is 11.2. The number of para-hydroxylation sites is 1. The molecular formula is C18H23N3O2. The fourth-order valence-electron chi connectivity index (χ4n) is 2.87. The minimum Gasteiger partial charge on any atom is -0.493 e. The van der Waals surface area contributed by atoms with Crippen LogP contribution in [0.3, 0.4) is 0 Å². The van der Waals surface area contributed by atoms with Gasteiger partial charge in [0.1, 0.15) is 11.6 Å². The number of anilines is 1. The van der Waals surface area contributed by atoms with Crippen molar-refractivity contribution < 1.29 is 9.47 Å². The molecule has 1 aromatic carbocycles. The van der Waals surface area contributed by atoms with Crippen molar-refractivity contribution in [3.8, 4) is 11.5 Å². The van der Waals surface area contributed by atoms with Crippen molar-refractivity contribution in [1.29, 1.82) is 0 Å². The normalized spacial score (nSPS) is 16.4. The van der Waals surface area contributed by atoms with Gasteiger partial charge in [-0.1, -0.05) is 12.1 Å². The number of benzene rings is 1. The lowest BCUT2D eigenvalue weighted by atomic mass is 9.93. The number of nitrogens with zero attached hydrogens (tertiary/aromatic N) is 3. The van der Waals surface area contributed by atoms with Crippen molar-refractivity contribution in [2.45, 2.75) is 19.8 Å². The number of aromatic nitrogens is 2. The fourth-order valence-corrected chi connectivity index (χ4v) is 2.87. The highest BCUT2D eigenvalue weighted by Gasteiger charge is 2.23. The van der Waals surface area contributed by atoms with E-state index in [2.05, 4.69) is 27.9 Å². The standard InChI is InChI=1S/C18H23N3O2/c1-4-21(2)17-8-9-19-16(20-17)11-13-10-14-6-5-7-15(22-3)18(14)23-12-13/h5-9,13H,4,10-12H2,1-3H3/t13-/m0/s1. The van der Waals surface area contributed by atoms with Crippen LogP contribution in [0, 0.1) is 5.92 Å². The Kier molecular flexibility index (Phi) is 4.65. The van der Waals surface area contributed by atoms with E-state index in [4.69, 9.17) is 9.47 Å². The van der Waals surface area contributed by atoms with Gasteiger partial charge in [0.25, 0.3) is 0 Å². The molecule has 1 aliphatic rings. The zero-order valence-corrected chi connectivity index (χ0v) is 14.0. The Morgan fingerprint density at radius 1 is 1.35 bits per heavy atom. The molecule has 0 unspecified atom stereocenters. The molecule has 0 saturated carbocycles. The van der Waals surface area contributed by atoms with Gasteiger partial charge < -0.3 is 14.4 Å². The van der Waals surface area contributed by atoms with Crippen LogP contribution in [0.15, 0.2) is 30.5 Å². The van der Waals surface area contributed by atoms with E-state index in [9.17, 15) is 0 Å². The van der Waals surface area contributed by atoms with E-state index >= 15 is 0 Å². The van der Waals surface area contributed by atoms with Crippen molar-refractivity contribution in [1.82, 2.24) is 9.97 Å². The molecule has 1 aliphatic heterocycles. The van der Waals surface area contributed by atoms with Crippen molar-refractivity contribution >= 4 is 5.82 Å². The highest BCUT2D eigenvalue weighted by Crippen LogP contribution is 2.36. The Labute approximate surface area is 137 Å². The molecule has 0 N–H and O–H groups in total. The maximum Gasteiger partial charge on any atom is 0.164 e. The molecule has 0 amide bonds. The molecule has 0 fully saturated rings. The lowest BCUT2D eigenvalue weighted by Gasteiger charge is -2.26. The number of methoxy groups -OCH3 is 1. The molecule has 1 atom stereocenters. The lowest BCUT2D eigenvalue weighted by molar-refractivity contribution is 0.209. The highest BCUT2D eigenvalue weighted by molar-refractivity contribution is 5.47. The lowest BCUT2D eigenvalue weighted by Crippen LogP contribution is -2.24. The van der Waals surface area contributed by atoms with Gasteiger partial charge in [-0.15, -0.1) is 0 Å². The Hall–Kier alpha value is -2.30. The van der Waals surface area contributed by atoms with Crippen LogP contribution < -0.4 is 14.4 Å². The van der Waals surface area contributed by atoms with Crippen LogP contribution >= 0.6 is 0 Å². The molecule has 2 aromatic rings. The Morgan fingerprint density at radius 2 is 2.22 bits per heavy atom. The van der Waals surface area contributed by atoms with E-state index < -0.39 is 0 Å². The molecule has 0 spiro atoms. The summed E-state index contributed by atoms with van der Waals surface area (Å²) in [6, 6.07) is 8.00. The van der Waals surface area contributed by atoms with Crippen LogP contribution in [0.5, 0.6) is 11.5 Å². The summed E-state index contributed by atoms with van der Waals surface area (Å²) in [7, 11) is 3.72. The summed E-state index contributed by atoms with van der Waals surface area (Å²) in [5, 5.41) is 0. The number of ether oxygens (including phenoxy) is 2. The van der Waals surface area contributed by atoms with Gasteiger partial charge in [0.2, 0.25) is 0 Å². The van der Waals surface area contributed by atoms with E-state index in [0.717, 1.165) is 42.5 Å². The van der Waals surface area contributed by atoms with Gasteiger partial charge in [-0.2, -0.15) is 0 Å². The predicted molar refractivity (Wildman–Crippen MR) is 90.4 cm³/mol. The van der Waals surface area contributed by atoms with Crippen LogP contribution in [0.25, 0.3) is 0 Å². The SMILES string of the molecule is CCN(C)c1ccnc(C[C@H]2COc3c(cccc3OC)C2)n1. The summed E-state index contributed by atoms with van der Waals surface area (Å²) in [6.45, 7) is 3.71. The molecule has 5 heteroatoms. The van der Waals surface area contributed by atoms with Crippen molar-refractivity contribution in [3.63, 3.8) is 0 Å². The van der Waals surface area contributed by atoms with Crippen molar-refractivity contribution in [3.05, 3.63) is 41.9 Å². The summed E-state index contributed by atoms with van der Waals surface area (Å²) < 4.78 is 11.3. The van der Waals surface area contributed by atoms with Gasteiger partial charge in [0, 0.05) is 32.1 Å². The first-order valence-corrected chi connectivity index (χ1v) is 8.03. The first kappa shape index (κ1) is 15.6. The van der Waals surface area contributed by atoms with Crippen molar-refractivity contribution in [2.24, 2.45) is 5.92 Å². The summed E-state index contributed by atoms with van der Waals surface area (Å²) in [5.41, 5.74) is 1.20. The maximum atomic E-state index is 5.94. The Balaban J connectivity index is 1.73. The number of rotatable bonds is 5. The topological polar surface area (TPSA) is 47.5 Å². The van der Waals surface area contributed by atoms with Gasteiger partial charge in [0.15, 0.2) is 11.5 Å². The summed E-state index contributed by atoms with van der Waals surface area (Å²) in [5.74, 6) is 3.92. The van der Waals surface area contributed by atoms with Crippen LogP contribution in [-0.2, 0) is 12.8 Å². The minimum absolute atomic E-state index is 0.386. The molecule has 23 heavy (non-hydrogen) atoms. The van der Waals surface area contributed by atoms with Crippen molar-refractivity contribution in [2.75, 3.05) is 32.2 Å². The molecule has 1 aromatic heterocycles. The molecule has 2 heterocycles. The van der Waals surface area contributed by atoms with E-state index in [0.29, 0.717) is 12.5 Å². The average molecular weight is 313 g/mol. The van der Waals surface area contributed by atoms with Gasteiger partial charge in [-0.25, -0.2) is 9.97 Å².